The number of carbonyl (C=O) groups excluding carboxylic acids is 2. The fourth-order valence-electron chi connectivity index (χ4n) is 6.22. The molecule has 4 rings (SSSR count). The predicted octanol–water partition coefficient (Wildman–Crippen LogP) is 6.99. The molecule has 1 spiro atoms. The molecule has 7 nitrogen and oxygen atoms in total. The third-order valence-corrected chi connectivity index (χ3v) is 11.6. The van der Waals surface area contributed by atoms with Crippen molar-refractivity contribution in [2.75, 3.05) is 40.3 Å². The van der Waals surface area contributed by atoms with Crippen LogP contribution in [0, 0.1) is 0 Å². The summed E-state index contributed by atoms with van der Waals surface area (Å²) in [5, 5.41) is -3.67. The molecule has 242 valence electrons. The summed E-state index contributed by atoms with van der Waals surface area (Å²) in [5.41, 5.74) is 0.530. The highest BCUT2D eigenvalue weighted by Gasteiger charge is 2.49. The highest BCUT2D eigenvalue weighted by molar-refractivity contribution is 7.85. The van der Waals surface area contributed by atoms with Crippen molar-refractivity contribution in [3.8, 4) is 0 Å². The molecule has 2 aliphatic rings. The van der Waals surface area contributed by atoms with E-state index in [-0.39, 0.29) is 23.0 Å². The Morgan fingerprint density at radius 1 is 1.05 bits per heavy atom. The molecule has 1 fully saturated rings. The zero-order valence-corrected chi connectivity index (χ0v) is 28.6. The maximum absolute atomic E-state index is 14.0. The molecule has 2 amide bonds. The molecule has 1 saturated heterocycles. The van der Waals surface area contributed by atoms with Crippen LogP contribution in [0.25, 0.3) is 0 Å². The number of hydrogen-bond acceptors (Lipinski definition) is 5. The van der Waals surface area contributed by atoms with Crippen molar-refractivity contribution in [3.05, 3.63) is 69.2 Å². The van der Waals surface area contributed by atoms with Crippen LogP contribution >= 0.6 is 34.8 Å². The van der Waals surface area contributed by atoms with E-state index in [0.717, 1.165) is 16.0 Å². The Hall–Kier alpha value is -1.98. The summed E-state index contributed by atoms with van der Waals surface area (Å²) in [7, 11) is 1.69. The first kappa shape index (κ1) is 34.9. The van der Waals surface area contributed by atoms with Crippen molar-refractivity contribution in [3.63, 3.8) is 0 Å². The van der Waals surface area contributed by atoms with E-state index in [1.54, 1.807) is 39.0 Å². The number of halogens is 5. The van der Waals surface area contributed by atoms with Crippen LogP contribution in [0.4, 0.5) is 13.6 Å². The van der Waals surface area contributed by atoms with Crippen molar-refractivity contribution < 1.29 is 27.3 Å². The van der Waals surface area contributed by atoms with E-state index < -0.39 is 44.1 Å². The highest BCUT2D eigenvalue weighted by Crippen LogP contribution is 2.47. The van der Waals surface area contributed by atoms with Crippen LogP contribution in [-0.4, -0.2) is 82.2 Å². The Kier molecular flexibility index (Phi) is 10.3. The zero-order chi connectivity index (χ0) is 32.7. The van der Waals surface area contributed by atoms with Gasteiger partial charge in [0, 0.05) is 43.7 Å². The fraction of sp³-hybridized carbons (Fsp3) is 0.548. The molecular weight excluding hydrogens is 655 g/mol. The molecule has 2 unspecified atom stereocenters. The number of rotatable bonds is 8. The normalized spacial score (nSPS) is 19.7. The van der Waals surface area contributed by atoms with Gasteiger partial charge in [0.15, 0.2) is 0 Å². The SMILES string of the molecule is CN(CC(CCN1CCC2(CC1)c1ccccc1CS2=O)(c1ccc(Cl)c(Cl)c1)N(C)C(=O)OC(C)(C)C)C(=O)C(F)(F)Cl. The fourth-order valence-corrected chi connectivity index (χ4v) is 8.56. The second-order valence-electron chi connectivity index (χ2n) is 12.6. The van der Waals surface area contributed by atoms with E-state index >= 15 is 0 Å². The molecule has 0 saturated carbocycles. The lowest BCUT2D eigenvalue weighted by Gasteiger charge is -2.46. The largest absolute Gasteiger partial charge is 0.444 e. The van der Waals surface area contributed by atoms with Crippen LogP contribution in [0.15, 0.2) is 42.5 Å². The quantitative estimate of drug-likeness (QED) is 0.279. The number of likely N-dealkylation sites (N-methyl/N-ethyl adjacent to an activating group) is 2. The molecule has 2 heterocycles. The number of likely N-dealkylation sites (tertiary alicyclic amines) is 1. The number of nitrogens with zero attached hydrogens (tertiary/aromatic N) is 3. The number of ether oxygens (including phenoxy) is 1. The Morgan fingerprint density at radius 3 is 2.27 bits per heavy atom. The van der Waals surface area contributed by atoms with Crippen LogP contribution in [0.1, 0.15) is 56.7 Å². The summed E-state index contributed by atoms with van der Waals surface area (Å²) < 4.78 is 46.6. The van der Waals surface area contributed by atoms with Gasteiger partial charge in [-0.15, -0.1) is 0 Å². The minimum absolute atomic E-state index is 0.199. The summed E-state index contributed by atoms with van der Waals surface area (Å²) in [4.78, 5) is 30.6. The van der Waals surface area contributed by atoms with E-state index in [1.165, 1.54) is 19.0 Å². The Labute approximate surface area is 275 Å². The van der Waals surface area contributed by atoms with Crippen LogP contribution in [0.2, 0.25) is 10.0 Å². The van der Waals surface area contributed by atoms with Gasteiger partial charge in [-0.3, -0.25) is 13.9 Å². The predicted molar refractivity (Wildman–Crippen MR) is 171 cm³/mol. The number of fused-ring (bicyclic) bond motifs is 2. The van der Waals surface area contributed by atoms with E-state index in [1.807, 2.05) is 18.2 Å². The first-order valence-corrected chi connectivity index (χ1v) is 16.8. The first-order chi connectivity index (χ1) is 20.4. The average molecular weight is 693 g/mol. The molecular formula is C31H38Cl3F2N3O4S. The van der Waals surface area contributed by atoms with Gasteiger partial charge in [0.2, 0.25) is 0 Å². The second kappa shape index (κ2) is 13.0. The van der Waals surface area contributed by atoms with Gasteiger partial charge in [-0.25, -0.2) is 4.79 Å². The van der Waals surface area contributed by atoms with Gasteiger partial charge in [0.1, 0.15) is 5.60 Å². The molecule has 2 atom stereocenters. The third-order valence-electron chi connectivity index (χ3n) is 8.59. The van der Waals surface area contributed by atoms with Gasteiger partial charge < -0.3 is 14.5 Å². The molecule has 0 aromatic heterocycles. The van der Waals surface area contributed by atoms with Crippen molar-refractivity contribution in [1.82, 2.24) is 14.7 Å². The molecule has 2 aliphatic heterocycles. The average Bonchev–Trinajstić information content (AvgIpc) is 3.21. The Balaban J connectivity index is 1.68. The van der Waals surface area contributed by atoms with Gasteiger partial charge in [0.25, 0.3) is 0 Å². The number of hydrogen-bond donors (Lipinski definition) is 0. The molecule has 0 aliphatic carbocycles. The number of amides is 2. The highest BCUT2D eigenvalue weighted by atomic mass is 35.5. The summed E-state index contributed by atoms with van der Waals surface area (Å²) in [6, 6.07) is 12.9. The minimum Gasteiger partial charge on any atom is -0.444 e. The number of carbonyl (C=O) groups is 2. The van der Waals surface area contributed by atoms with Crippen molar-refractivity contribution >= 4 is 57.6 Å². The first-order valence-electron chi connectivity index (χ1n) is 14.3. The smallest absolute Gasteiger partial charge is 0.410 e. The van der Waals surface area contributed by atoms with Crippen LogP contribution in [0.3, 0.4) is 0 Å². The number of piperidine rings is 1. The minimum atomic E-state index is -4.14. The summed E-state index contributed by atoms with van der Waals surface area (Å²) in [5.74, 6) is -1.06. The van der Waals surface area contributed by atoms with Crippen molar-refractivity contribution in [2.24, 2.45) is 0 Å². The van der Waals surface area contributed by atoms with Crippen molar-refractivity contribution in [1.29, 1.82) is 0 Å². The van der Waals surface area contributed by atoms with Gasteiger partial charge in [-0.2, -0.15) is 8.78 Å². The van der Waals surface area contributed by atoms with E-state index in [4.69, 9.17) is 39.5 Å². The van der Waals surface area contributed by atoms with E-state index in [0.29, 0.717) is 43.8 Å². The molecule has 0 N–H and O–H groups in total. The van der Waals surface area contributed by atoms with Gasteiger partial charge in [0.05, 0.1) is 20.3 Å². The van der Waals surface area contributed by atoms with Gasteiger partial charge in [-0.05, 0) is 93.5 Å². The Bertz CT molecular complexity index is 1430. The van der Waals surface area contributed by atoms with Crippen LogP contribution in [0.5, 0.6) is 0 Å². The van der Waals surface area contributed by atoms with Crippen LogP contribution < -0.4 is 0 Å². The summed E-state index contributed by atoms with van der Waals surface area (Å²) in [6.07, 6.45) is 0.890. The summed E-state index contributed by atoms with van der Waals surface area (Å²) >= 11 is 17.8. The van der Waals surface area contributed by atoms with Gasteiger partial charge in [-0.1, -0.05) is 53.5 Å². The maximum Gasteiger partial charge on any atom is 0.410 e. The lowest BCUT2D eigenvalue weighted by molar-refractivity contribution is -0.147. The second-order valence-corrected chi connectivity index (χ2v) is 15.6. The van der Waals surface area contributed by atoms with Crippen molar-refractivity contribution in [2.45, 2.75) is 67.1 Å². The molecule has 2 aromatic rings. The Morgan fingerprint density at radius 2 is 1.68 bits per heavy atom. The molecule has 0 radical (unpaired) electrons. The van der Waals surface area contributed by atoms with E-state index in [9.17, 15) is 22.6 Å². The standard InChI is InChI=1S/C31H38Cl3F2N3O4S/c1-28(2,3)43-27(41)38(5)29(20-37(4)26(40)31(34,35)36,22-10-11-24(32)25(33)18-22)12-15-39-16-13-30(14-17-39)23-9-7-6-8-21(23)19-44(30)42/h6-11,18H,12-17,19-20H2,1-5H3. The third kappa shape index (κ3) is 7.20. The van der Waals surface area contributed by atoms with Crippen LogP contribution in [-0.2, 0) is 36.4 Å². The maximum atomic E-state index is 14.0. The molecule has 13 heteroatoms. The number of alkyl halides is 3. The monoisotopic (exact) mass is 691 g/mol. The van der Waals surface area contributed by atoms with Gasteiger partial charge >= 0.3 is 17.4 Å². The number of benzene rings is 2. The molecule has 2 aromatic carbocycles. The summed E-state index contributed by atoms with van der Waals surface area (Å²) in [6.45, 7) is 6.53. The molecule has 0 bridgehead atoms. The van der Waals surface area contributed by atoms with E-state index in [2.05, 4.69) is 11.0 Å². The molecule has 44 heavy (non-hydrogen) atoms. The zero-order valence-electron chi connectivity index (χ0n) is 25.5. The lowest BCUT2D eigenvalue weighted by Crippen LogP contribution is -2.57. The topological polar surface area (TPSA) is 70.2 Å². The lowest BCUT2D eigenvalue weighted by atomic mass is 9.83.